The van der Waals surface area contributed by atoms with E-state index in [0.717, 1.165) is 35.8 Å². The number of anilines is 1. The number of rotatable bonds is 8. The Labute approximate surface area is 166 Å². The van der Waals surface area contributed by atoms with Crippen molar-refractivity contribution in [3.63, 3.8) is 0 Å². The maximum Gasteiger partial charge on any atom is 0.240 e. The Bertz CT molecular complexity index is 893. The Morgan fingerprint density at radius 3 is 2.30 bits per heavy atom. The van der Waals surface area contributed by atoms with Crippen LogP contribution in [-0.2, 0) is 21.2 Å². The predicted octanol–water partition coefficient (Wildman–Crippen LogP) is 3.47. The van der Waals surface area contributed by atoms with E-state index < -0.39 is 10.0 Å². The van der Waals surface area contributed by atoms with E-state index in [1.54, 1.807) is 0 Å². The lowest BCUT2D eigenvalue weighted by Gasteiger charge is -2.25. The summed E-state index contributed by atoms with van der Waals surface area (Å²) in [7, 11) is -3.58. The van der Waals surface area contributed by atoms with E-state index in [1.165, 1.54) is 4.31 Å². The molecule has 1 amide bonds. The molecule has 0 aliphatic heterocycles. The molecule has 0 unspecified atom stereocenters. The lowest BCUT2D eigenvalue weighted by atomic mass is 10.1. The fourth-order valence-electron chi connectivity index (χ4n) is 2.96. The molecule has 0 heterocycles. The maximum absolute atomic E-state index is 12.3. The molecular formula is C20H25ClN2O3S. The first kappa shape index (κ1) is 21.3. The molecule has 1 N–H and O–H groups in total. The topological polar surface area (TPSA) is 66.5 Å². The SMILES string of the molecule is Cc1cccc(C)c1N(CC(=O)NCCCc1ccccc1Cl)S(C)(=O)=O. The number of halogens is 1. The Morgan fingerprint density at radius 2 is 1.70 bits per heavy atom. The summed E-state index contributed by atoms with van der Waals surface area (Å²) in [6, 6.07) is 13.1. The third-order valence-corrected chi connectivity index (χ3v) is 5.76. The molecule has 0 saturated heterocycles. The van der Waals surface area contributed by atoms with Crippen molar-refractivity contribution in [2.24, 2.45) is 0 Å². The number of hydrogen-bond donors (Lipinski definition) is 1. The van der Waals surface area contributed by atoms with Crippen molar-refractivity contribution in [2.75, 3.05) is 23.7 Å². The van der Waals surface area contributed by atoms with Gasteiger partial charge in [0.25, 0.3) is 0 Å². The number of nitrogens with one attached hydrogen (secondary N) is 1. The van der Waals surface area contributed by atoms with Crippen LogP contribution >= 0.6 is 11.6 Å². The van der Waals surface area contributed by atoms with Gasteiger partial charge in [-0.25, -0.2) is 8.42 Å². The van der Waals surface area contributed by atoms with Gasteiger partial charge in [-0.1, -0.05) is 48.0 Å². The van der Waals surface area contributed by atoms with Gasteiger partial charge in [0, 0.05) is 11.6 Å². The van der Waals surface area contributed by atoms with Crippen LogP contribution in [-0.4, -0.2) is 33.7 Å². The normalized spacial score (nSPS) is 11.3. The summed E-state index contributed by atoms with van der Waals surface area (Å²) in [4.78, 5) is 12.3. The van der Waals surface area contributed by atoms with Gasteiger partial charge in [-0.3, -0.25) is 9.10 Å². The zero-order valence-corrected chi connectivity index (χ0v) is 17.4. The molecule has 146 valence electrons. The zero-order valence-electron chi connectivity index (χ0n) is 15.8. The fourth-order valence-corrected chi connectivity index (χ4v) is 4.16. The molecule has 0 fully saturated rings. The number of benzene rings is 2. The lowest BCUT2D eigenvalue weighted by Crippen LogP contribution is -2.41. The molecule has 27 heavy (non-hydrogen) atoms. The van der Waals surface area contributed by atoms with Crippen molar-refractivity contribution in [1.29, 1.82) is 0 Å². The molecule has 2 rings (SSSR count). The Balaban J connectivity index is 1.98. The van der Waals surface area contributed by atoms with Crippen LogP contribution in [0.1, 0.15) is 23.1 Å². The van der Waals surface area contributed by atoms with Crippen molar-refractivity contribution in [1.82, 2.24) is 5.32 Å². The van der Waals surface area contributed by atoms with E-state index in [0.29, 0.717) is 17.3 Å². The summed E-state index contributed by atoms with van der Waals surface area (Å²) in [6.07, 6.45) is 2.58. The standard InChI is InChI=1S/C20H25ClN2O3S/c1-15-8-6-9-16(2)20(15)23(27(3,25)26)14-19(24)22-13-7-11-17-10-4-5-12-18(17)21/h4-6,8-10,12H,7,11,13-14H2,1-3H3,(H,22,24). The highest BCUT2D eigenvalue weighted by Gasteiger charge is 2.23. The molecule has 5 nitrogen and oxygen atoms in total. The predicted molar refractivity (Wildman–Crippen MR) is 111 cm³/mol. The second kappa shape index (κ2) is 9.24. The van der Waals surface area contributed by atoms with E-state index in [9.17, 15) is 13.2 Å². The molecule has 0 radical (unpaired) electrons. The molecule has 2 aromatic carbocycles. The molecular weight excluding hydrogens is 384 g/mol. The minimum atomic E-state index is -3.58. The van der Waals surface area contributed by atoms with E-state index in [1.807, 2.05) is 56.3 Å². The van der Waals surface area contributed by atoms with Gasteiger partial charge in [0.1, 0.15) is 6.54 Å². The number of amides is 1. The van der Waals surface area contributed by atoms with Crippen LogP contribution in [0, 0.1) is 13.8 Å². The lowest BCUT2D eigenvalue weighted by molar-refractivity contribution is -0.119. The van der Waals surface area contributed by atoms with E-state index in [4.69, 9.17) is 11.6 Å². The summed E-state index contributed by atoms with van der Waals surface area (Å²) >= 11 is 6.12. The van der Waals surface area contributed by atoms with E-state index >= 15 is 0 Å². The quantitative estimate of drug-likeness (QED) is 0.680. The van der Waals surface area contributed by atoms with Gasteiger partial charge in [-0.2, -0.15) is 0 Å². The molecule has 7 heteroatoms. The van der Waals surface area contributed by atoms with Crippen LogP contribution in [0.4, 0.5) is 5.69 Å². The zero-order chi connectivity index (χ0) is 20.0. The molecule has 0 spiro atoms. The number of hydrogen-bond acceptors (Lipinski definition) is 3. The minimum Gasteiger partial charge on any atom is -0.355 e. The number of nitrogens with zero attached hydrogens (tertiary/aromatic N) is 1. The maximum atomic E-state index is 12.3. The number of carbonyl (C=O) groups excluding carboxylic acids is 1. The highest BCUT2D eigenvalue weighted by molar-refractivity contribution is 7.92. The number of aryl methyl sites for hydroxylation is 3. The molecule has 0 saturated carbocycles. The molecule has 0 aliphatic rings. The van der Waals surface area contributed by atoms with Crippen LogP contribution in [0.2, 0.25) is 5.02 Å². The van der Waals surface area contributed by atoms with Crippen LogP contribution < -0.4 is 9.62 Å². The fraction of sp³-hybridized carbons (Fsp3) is 0.350. The number of para-hydroxylation sites is 1. The summed E-state index contributed by atoms with van der Waals surface area (Å²) in [6.45, 7) is 3.88. The number of carbonyl (C=O) groups is 1. The smallest absolute Gasteiger partial charge is 0.240 e. The van der Waals surface area contributed by atoms with Crippen molar-refractivity contribution < 1.29 is 13.2 Å². The number of sulfonamides is 1. The molecule has 0 aromatic heterocycles. The first-order chi connectivity index (χ1) is 12.7. The Hall–Kier alpha value is -2.05. The van der Waals surface area contributed by atoms with Crippen LogP contribution in [0.5, 0.6) is 0 Å². The Kier molecular flexibility index (Phi) is 7.27. The second-order valence-corrected chi connectivity index (χ2v) is 8.87. The van der Waals surface area contributed by atoms with Crippen LogP contribution in [0.25, 0.3) is 0 Å². The summed E-state index contributed by atoms with van der Waals surface area (Å²) in [5.74, 6) is -0.331. The van der Waals surface area contributed by atoms with Gasteiger partial charge < -0.3 is 5.32 Å². The van der Waals surface area contributed by atoms with Crippen molar-refractivity contribution in [3.05, 3.63) is 64.2 Å². The van der Waals surface area contributed by atoms with Gasteiger partial charge in [0.15, 0.2) is 0 Å². The third-order valence-electron chi connectivity index (χ3n) is 4.28. The van der Waals surface area contributed by atoms with Crippen molar-refractivity contribution in [2.45, 2.75) is 26.7 Å². The van der Waals surface area contributed by atoms with E-state index in [-0.39, 0.29) is 12.5 Å². The van der Waals surface area contributed by atoms with Gasteiger partial charge >= 0.3 is 0 Å². The third kappa shape index (κ3) is 5.97. The summed E-state index contributed by atoms with van der Waals surface area (Å²) in [5, 5.41) is 3.51. The monoisotopic (exact) mass is 408 g/mol. The van der Waals surface area contributed by atoms with Gasteiger partial charge in [0.2, 0.25) is 15.9 Å². The Morgan fingerprint density at radius 1 is 1.07 bits per heavy atom. The summed E-state index contributed by atoms with van der Waals surface area (Å²) < 4.78 is 25.7. The van der Waals surface area contributed by atoms with Crippen molar-refractivity contribution in [3.8, 4) is 0 Å². The average molecular weight is 409 g/mol. The average Bonchev–Trinajstić information content (AvgIpc) is 2.58. The molecule has 2 aromatic rings. The largest absolute Gasteiger partial charge is 0.355 e. The first-order valence-corrected chi connectivity index (χ1v) is 11.0. The highest BCUT2D eigenvalue weighted by atomic mass is 35.5. The van der Waals surface area contributed by atoms with E-state index in [2.05, 4.69) is 5.32 Å². The molecule has 0 bridgehead atoms. The highest BCUT2D eigenvalue weighted by Crippen LogP contribution is 2.26. The van der Waals surface area contributed by atoms with Gasteiger partial charge in [-0.15, -0.1) is 0 Å². The van der Waals surface area contributed by atoms with Crippen LogP contribution in [0.15, 0.2) is 42.5 Å². The summed E-state index contributed by atoms with van der Waals surface area (Å²) in [5.41, 5.74) is 3.21. The second-order valence-electron chi connectivity index (χ2n) is 6.55. The van der Waals surface area contributed by atoms with Crippen molar-refractivity contribution >= 4 is 33.2 Å². The van der Waals surface area contributed by atoms with Gasteiger partial charge in [0.05, 0.1) is 11.9 Å². The minimum absolute atomic E-state index is 0.239. The molecule has 0 aliphatic carbocycles. The van der Waals surface area contributed by atoms with Gasteiger partial charge in [-0.05, 0) is 49.4 Å². The first-order valence-electron chi connectivity index (χ1n) is 8.74. The van der Waals surface area contributed by atoms with Crippen LogP contribution in [0.3, 0.4) is 0 Å². The molecule has 0 atom stereocenters.